The third-order valence-corrected chi connectivity index (χ3v) is 4.04. The smallest absolute Gasteiger partial charge is 0.313 e. The Morgan fingerprint density at radius 1 is 1.36 bits per heavy atom. The highest BCUT2D eigenvalue weighted by molar-refractivity contribution is 5.78. The molecule has 1 N–H and O–H groups in total. The second kappa shape index (κ2) is 6.73. The molecule has 1 aromatic carbocycles. The molecule has 0 radical (unpaired) electrons. The molecule has 1 aliphatic rings. The summed E-state index contributed by atoms with van der Waals surface area (Å²) in [5, 5.41) is 11.4. The fourth-order valence-electron chi connectivity index (χ4n) is 2.85. The molecular weight excluding hydrogens is 290 g/mol. The van der Waals surface area contributed by atoms with Crippen LogP contribution in [0.3, 0.4) is 0 Å². The number of rotatable bonds is 5. The summed E-state index contributed by atoms with van der Waals surface area (Å²) in [5.41, 5.74) is -1.13. The topological polar surface area (TPSA) is 62.1 Å². The number of anilines is 1. The molecule has 1 fully saturated rings. The van der Waals surface area contributed by atoms with Crippen LogP contribution in [-0.4, -0.2) is 19.1 Å². The lowest BCUT2D eigenvalue weighted by molar-refractivity contribution is -0.154. The third-order valence-electron chi connectivity index (χ3n) is 4.04. The fraction of sp³-hybridized carbons (Fsp3) is 0.500. The highest BCUT2D eigenvalue weighted by Gasteiger charge is 2.42. The first-order chi connectivity index (χ1) is 10.5. The highest BCUT2D eigenvalue weighted by atomic mass is 19.1. The molecular formula is C16H18F2N2O2. The third kappa shape index (κ3) is 3.19. The van der Waals surface area contributed by atoms with Crippen molar-refractivity contribution in [3.8, 4) is 6.07 Å². The molecule has 0 unspecified atom stereocenters. The first-order valence-electron chi connectivity index (χ1n) is 7.32. The van der Waals surface area contributed by atoms with Gasteiger partial charge in [0.25, 0.3) is 0 Å². The summed E-state index contributed by atoms with van der Waals surface area (Å²) < 4.78 is 32.9. The van der Waals surface area contributed by atoms with Crippen molar-refractivity contribution in [3.63, 3.8) is 0 Å². The Labute approximate surface area is 128 Å². The van der Waals surface area contributed by atoms with Crippen molar-refractivity contribution in [2.45, 2.75) is 32.6 Å². The van der Waals surface area contributed by atoms with Crippen molar-refractivity contribution in [2.75, 3.05) is 18.5 Å². The van der Waals surface area contributed by atoms with Gasteiger partial charge in [-0.15, -0.1) is 0 Å². The molecule has 2 rings (SSSR count). The van der Waals surface area contributed by atoms with Crippen LogP contribution in [0, 0.1) is 28.4 Å². The molecule has 0 heterocycles. The van der Waals surface area contributed by atoms with Crippen LogP contribution in [0.15, 0.2) is 12.1 Å². The zero-order chi connectivity index (χ0) is 16.2. The maximum absolute atomic E-state index is 13.9. The fourth-order valence-corrected chi connectivity index (χ4v) is 2.85. The predicted molar refractivity (Wildman–Crippen MR) is 77.1 cm³/mol. The number of nitriles is 1. The van der Waals surface area contributed by atoms with Gasteiger partial charge in [0.05, 0.1) is 23.7 Å². The molecule has 6 heteroatoms. The molecule has 22 heavy (non-hydrogen) atoms. The van der Waals surface area contributed by atoms with Gasteiger partial charge in [0.15, 0.2) is 11.6 Å². The molecule has 0 bridgehead atoms. The number of esters is 1. The molecule has 1 aromatic rings. The number of nitrogens with zero attached hydrogens (tertiary/aromatic N) is 1. The first-order valence-corrected chi connectivity index (χ1v) is 7.32. The number of halogens is 2. The monoisotopic (exact) mass is 308 g/mol. The molecule has 0 atom stereocenters. The lowest BCUT2D eigenvalue weighted by Gasteiger charge is -2.27. The summed E-state index contributed by atoms with van der Waals surface area (Å²) in [7, 11) is 0. The van der Waals surface area contributed by atoms with Gasteiger partial charge in [-0.05, 0) is 31.9 Å². The van der Waals surface area contributed by atoms with E-state index in [2.05, 4.69) is 5.32 Å². The standard InChI is InChI=1S/C16H18F2N2O2/c1-2-22-15(21)16(5-3-4-6-16)10-20-14-12(17)7-11(9-19)8-13(14)18/h7-8,20H,2-6,10H2,1H3. The Bertz CT molecular complexity index is 582. The molecule has 0 saturated heterocycles. The summed E-state index contributed by atoms with van der Waals surface area (Å²) in [4.78, 5) is 12.2. The van der Waals surface area contributed by atoms with Gasteiger partial charge in [0, 0.05) is 6.54 Å². The lowest BCUT2D eigenvalue weighted by atomic mass is 9.86. The summed E-state index contributed by atoms with van der Waals surface area (Å²) in [6.45, 7) is 2.12. The van der Waals surface area contributed by atoms with Gasteiger partial charge in [0.2, 0.25) is 0 Å². The van der Waals surface area contributed by atoms with Gasteiger partial charge >= 0.3 is 5.97 Å². The lowest BCUT2D eigenvalue weighted by Crippen LogP contribution is -2.37. The van der Waals surface area contributed by atoms with E-state index in [0.717, 1.165) is 25.0 Å². The Balaban J connectivity index is 2.17. The summed E-state index contributed by atoms with van der Waals surface area (Å²) in [6, 6.07) is 3.63. The van der Waals surface area contributed by atoms with Crippen LogP contribution in [0.2, 0.25) is 0 Å². The van der Waals surface area contributed by atoms with Crippen LogP contribution >= 0.6 is 0 Å². The number of hydrogen-bond acceptors (Lipinski definition) is 4. The Morgan fingerprint density at radius 2 is 1.95 bits per heavy atom. The molecule has 1 saturated carbocycles. The van der Waals surface area contributed by atoms with E-state index in [4.69, 9.17) is 10.00 Å². The zero-order valence-corrected chi connectivity index (χ0v) is 12.4. The van der Waals surface area contributed by atoms with E-state index in [1.165, 1.54) is 0 Å². The average Bonchev–Trinajstić information content (AvgIpc) is 2.96. The van der Waals surface area contributed by atoms with Gasteiger partial charge in [-0.1, -0.05) is 12.8 Å². The largest absolute Gasteiger partial charge is 0.466 e. The van der Waals surface area contributed by atoms with Gasteiger partial charge in [-0.2, -0.15) is 5.26 Å². The van der Waals surface area contributed by atoms with Crippen LogP contribution < -0.4 is 5.32 Å². The van der Waals surface area contributed by atoms with Crippen LogP contribution in [0.5, 0.6) is 0 Å². The Kier molecular flexibility index (Phi) is 4.96. The van der Waals surface area contributed by atoms with Crippen molar-refractivity contribution in [2.24, 2.45) is 5.41 Å². The van der Waals surface area contributed by atoms with E-state index in [1.807, 2.05) is 0 Å². The van der Waals surface area contributed by atoms with E-state index >= 15 is 0 Å². The highest BCUT2D eigenvalue weighted by Crippen LogP contribution is 2.39. The van der Waals surface area contributed by atoms with Crippen LogP contribution in [0.1, 0.15) is 38.2 Å². The summed E-state index contributed by atoms with van der Waals surface area (Å²) in [6.07, 6.45) is 3.05. The van der Waals surface area contributed by atoms with Crippen molar-refractivity contribution in [3.05, 3.63) is 29.3 Å². The molecule has 1 aliphatic carbocycles. The van der Waals surface area contributed by atoms with Gasteiger partial charge < -0.3 is 10.1 Å². The SMILES string of the molecule is CCOC(=O)C1(CNc2c(F)cc(C#N)cc2F)CCCC1. The zero-order valence-electron chi connectivity index (χ0n) is 12.4. The van der Waals surface area contributed by atoms with Gasteiger partial charge in [0.1, 0.15) is 5.69 Å². The van der Waals surface area contributed by atoms with Crippen LogP contribution in [0.25, 0.3) is 0 Å². The van der Waals surface area contributed by atoms with E-state index in [0.29, 0.717) is 12.8 Å². The first kappa shape index (κ1) is 16.2. The van der Waals surface area contributed by atoms with Crippen molar-refractivity contribution >= 4 is 11.7 Å². The quantitative estimate of drug-likeness (QED) is 0.847. The van der Waals surface area contributed by atoms with E-state index in [9.17, 15) is 13.6 Å². The molecule has 4 nitrogen and oxygen atoms in total. The number of nitrogens with one attached hydrogen (secondary N) is 1. The number of carbonyl (C=O) groups is 1. The van der Waals surface area contributed by atoms with Crippen LogP contribution in [0.4, 0.5) is 14.5 Å². The molecule has 0 amide bonds. The minimum atomic E-state index is -0.839. The number of hydrogen-bond donors (Lipinski definition) is 1. The minimum absolute atomic E-state index is 0.0819. The van der Waals surface area contributed by atoms with Gasteiger partial charge in [-0.25, -0.2) is 8.78 Å². The number of carbonyl (C=O) groups excluding carboxylic acids is 1. The molecule has 0 spiro atoms. The van der Waals surface area contributed by atoms with E-state index in [1.54, 1.807) is 13.0 Å². The second-order valence-corrected chi connectivity index (χ2v) is 5.49. The summed E-state index contributed by atoms with van der Waals surface area (Å²) in [5.74, 6) is -2.00. The van der Waals surface area contributed by atoms with Crippen LogP contribution in [-0.2, 0) is 9.53 Å². The maximum Gasteiger partial charge on any atom is 0.313 e. The summed E-state index contributed by atoms with van der Waals surface area (Å²) >= 11 is 0. The van der Waals surface area contributed by atoms with Crippen molar-refractivity contribution in [1.82, 2.24) is 0 Å². The molecule has 0 aliphatic heterocycles. The van der Waals surface area contributed by atoms with E-state index < -0.39 is 17.0 Å². The number of benzene rings is 1. The van der Waals surface area contributed by atoms with Gasteiger partial charge in [-0.3, -0.25) is 4.79 Å². The Morgan fingerprint density at radius 3 is 2.45 bits per heavy atom. The average molecular weight is 308 g/mol. The molecule has 0 aromatic heterocycles. The van der Waals surface area contributed by atoms with E-state index in [-0.39, 0.29) is 30.4 Å². The Hall–Kier alpha value is -2.16. The van der Waals surface area contributed by atoms with Crippen molar-refractivity contribution < 1.29 is 18.3 Å². The molecule has 118 valence electrons. The van der Waals surface area contributed by atoms with Crippen molar-refractivity contribution in [1.29, 1.82) is 5.26 Å². The minimum Gasteiger partial charge on any atom is -0.466 e. The second-order valence-electron chi connectivity index (χ2n) is 5.49. The normalized spacial score (nSPS) is 16.1. The number of ether oxygens (including phenoxy) is 1. The predicted octanol–water partition coefficient (Wildman–Crippen LogP) is 3.37. The maximum atomic E-state index is 13.9.